The Labute approximate surface area is 225 Å². The summed E-state index contributed by atoms with van der Waals surface area (Å²) in [6, 6.07) is 1.64. The lowest BCUT2D eigenvalue weighted by atomic mass is 9.57. The van der Waals surface area contributed by atoms with E-state index in [9.17, 15) is 39.6 Å². The molecular weight excluding hydrogens is 506 g/mol. The van der Waals surface area contributed by atoms with Crippen molar-refractivity contribution >= 4 is 29.0 Å². The number of nitrogens with two attached hydrogens (primary N) is 1. The van der Waals surface area contributed by atoms with E-state index in [0.717, 1.165) is 32.4 Å². The summed E-state index contributed by atoms with van der Waals surface area (Å²) >= 11 is 0. The molecule has 1 aromatic carbocycles. The molecule has 208 valence electrons. The highest BCUT2D eigenvalue weighted by molar-refractivity contribution is 6.24. The molecule has 4 unspecified atom stereocenters. The van der Waals surface area contributed by atoms with Gasteiger partial charge in [0.15, 0.2) is 17.2 Å². The molecule has 0 radical (unpaired) electrons. The molecule has 0 bridgehead atoms. The minimum absolute atomic E-state index is 0.0266. The third-order valence-electron chi connectivity index (χ3n) is 8.72. The molecule has 4 aliphatic rings. The zero-order valence-corrected chi connectivity index (χ0v) is 21.9. The largest absolute Gasteiger partial charge is 0.508 e. The Bertz CT molecular complexity index is 1360. The van der Waals surface area contributed by atoms with Crippen molar-refractivity contribution in [2.24, 2.45) is 17.6 Å². The Balaban J connectivity index is 1.63. The van der Waals surface area contributed by atoms with E-state index in [2.05, 4.69) is 4.90 Å². The lowest BCUT2D eigenvalue weighted by Crippen LogP contribution is -2.65. The predicted octanol–water partition coefficient (Wildman–Crippen LogP) is 0.633. The number of benzene rings is 1. The maximum absolute atomic E-state index is 13.9. The van der Waals surface area contributed by atoms with Crippen molar-refractivity contribution in [1.29, 1.82) is 0 Å². The number of carbonyl (C=O) groups is 4. The third kappa shape index (κ3) is 3.98. The van der Waals surface area contributed by atoms with Crippen molar-refractivity contribution in [2.75, 3.05) is 33.7 Å². The number of primary amides is 1. The molecule has 1 saturated carbocycles. The number of phenolic OH excluding ortho intramolecular Hbond substituents is 1. The van der Waals surface area contributed by atoms with Gasteiger partial charge in [0, 0.05) is 17.1 Å². The Morgan fingerprint density at radius 1 is 1.10 bits per heavy atom. The number of carbonyl (C=O) groups excluding carboxylic acids is 4. The van der Waals surface area contributed by atoms with Gasteiger partial charge in [-0.2, -0.15) is 0 Å². The predicted molar refractivity (Wildman–Crippen MR) is 139 cm³/mol. The number of aliphatic hydroxyl groups excluding tert-OH is 2. The summed E-state index contributed by atoms with van der Waals surface area (Å²) < 4.78 is 0. The highest BCUT2D eigenvalue weighted by Crippen LogP contribution is 2.53. The van der Waals surface area contributed by atoms with Crippen molar-refractivity contribution in [3.63, 3.8) is 0 Å². The number of nitrogens with zero attached hydrogens (tertiary/aromatic N) is 2. The van der Waals surface area contributed by atoms with Crippen molar-refractivity contribution in [3.8, 4) is 5.75 Å². The normalized spacial score (nSPS) is 29.3. The monoisotopic (exact) mass is 539 g/mol. The zero-order chi connectivity index (χ0) is 28.4. The fraction of sp³-hybridized carbons (Fsp3) is 0.500. The molecule has 4 atom stereocenters. The van der Waals surface area contributed by atoms with Crippen molar-refractivity contribution in [2.45, 2.75) is 43.7 Å². The van der Waals surface area contributed by atoms with Crippen LogP contribution in [-0.4, -0.2) is 98.9 Å². The smallest absolute Gasteiger partial charge is 0.255 e. The number of phenols is 1. The molecule has 0 spiro atoms. The number of aromatic hydroxyl groups is 1. The quantitative estimate of drug-likeness (QED) is 0.263. The molecule has 6 N–H and O–H groups in total. The summed E-state index contributed by atoms with van der Waals surface area (Å²) in [7, 11) is 3.09. The molecule has 1 amide bonds. The molecule has 11 heteroatoms. The Kier molecular flexibility index (Phi) is 6.64. The molecule has 1 aromatic rings. The number of hydrogen-bond acceptors (Lipinski definition) is 10. The average molecular weight is 540 g/mol. The van der Waals surface area contributed by atoms with Gasteiger partial charge in [0.05, 0.1) is 18.2 Å². The summed E-state index contributed by atoms with van der Waals surface area (Å²) in [6.45, 7) is 1.80. The summed E-state index contributed by atoms with van der Waals surface area (Å²) in [5.41, 5.74) is 2.20. The fourth-order valence-electron chi connectivity index (χ4n) is 6.91. The van der Waals surface area contributed by atoms with Crippen LogP contribution in [0.15, 0.2) is 29.0 Å². The van der Waals surface area contributed by atoms with E-state index in [1.807, 2.05) is 0 Å². The molecule has 0 aromatic heterocycles. The zero-order valence-electron chi connectivity index (χ0n) is 21.9. The number of hydrogen-bond donors (Lipinski definition) is 5. The third-order valence-corrected chi connectivity index (χ3v) is 8.72. The van der Waals surface area contributed by atoms with Crippen LogP contribution in [0.5, 0.6) is 5.75 Å². The SMILES string of the molecule is CN(C)C1C(=O)C(C(N)=O)=C(O)C2(O)C(=O)C3=C(O)c4c(O)ccc(C(=O)CN5CCCCC5)c4CC3CC12. The van der Waals surface area contributed by atoms with Crippen molar-refractivity contribution < 1.29 is 39.6 Å². The van der Waals surface area contributed by atoms with Crippen LogP contribution in [0.25, 0.3) is 5.76 Å². The van der Waals surface area contributed by atoms with Gasteiger partial charge in [0.2, 0.25) is 5.78 Å². The minimum atomic E-state index is -2.69. The van der Waals surface area contributed by atoms with Gasteiger partial charge in [-0.05, 0) is 76.5 Å². The number of likely N-dealkylation sites (tertiary alicyclic amines) is 1. The van der Waals surface area contributed by atoms with Gasteiger partial charge >= 0.3 is 0 Å². The van der Waals surface area contributed by atoms with Crippen molar-refractivity contribution in [1.82, 2.24) is 9.80 Å². The maximum Gasteiger partial charge on any atom is 0.255 e. The lowest BCUT2D eigenvalue weighted by Gasteiger charge is -2.50. The van der Waals surface area contributed by atoms with Crippen LogP contribution in [0.4, 0.5) is 0 Å². The minimum Gasteiger partial charge on any atom is -0.508 e. The fourth-order valence-corrected chi connectivity index (χ4v) is 6.91. The van der Waals surface area contributed by atoms with E-state index < -0.39 is 58.0 Å². The number of fused-ring (bicyclic) bond motifs is 3. The van der Waals surface area contributed by atoms with E-state index in [1.165, 1.54) is 17.0 Å². The number of likely N-dealkylation sites (N-methyl/N-ethyl adjacent to an activating group) is 1. The first-order valence-corrected chi connectivity index (χ1v) is 13.1. The number of piperidine rings is 1. The molecule has 1 saturated heterocycles. The molecular formula is C28H33N3O8. The summed E-state index contributed by atoms with van der Waals surface area (Å²) in [6.07, 6.45) is 3.19. The second kappa shape index (κ2) is 9.58. The van der Waals surface area contributed by atoms with Gasteiger partial charge in [-0.25, -0.2) is 0 Å². The first-order valence-electron chi connectivity index (χ1n) is 13.1. The van der Waals surface area contributed by atoms with Gasteiger partial charge in [-0.1, -0.05) is 6.42 Å². The number of rotatable bonds is 5. The van der Waals surface area contributed by atoms with Crippen LogP contribution in [-0.2, 0) is 20.8 Å². The van der Waals surface area contributed by atoms with Crippen LogP contribution >= 0.6 is 0 Å². The summed E-state index contributed by atoms with van der Waals surface area (Å²) in [5, 5.41) is 44.6. The Morgan fingerprint density at radius 3 is 2.38 bits per heavy atom. The molecule has 11 nitrogen and oxygen atoms in total. The Hall–Kier alpha value is -3.54. The second-order valence-corrected chi connectivity index (χ2v) is 11.2. The molecule has 39 heavy (non-hydrogen) atoms. The molecule has 5 rings (SSSR count). The second-order valence-electron chi connectivity index (χ2n) is 11.2. The van der Waals surface area contributed by atoms with Crippen molar-refractivity contribution in [3.05, 3.63) is 45.7 Å². The lowest BCUT2D eigenvalue weighted by molar-refractivity contribution is -0.153. The van der Waals surface area contributed by atoms with E-state index >= 15 is 0 Å². The average Bonchev–Trinajstić information content (AvgIpc) is 2.86. The highest BCUT2D eigenvalue weighted by atomic mass is 16.3. The first kappa shape index (κ1) is 27.0. The van der Waals surface area contributed by atoms with Crippen LogP contribution in [0.3, 0.4) is 0 Å². The molecule has 1 heterocycles. The van der Waals surface area contributed by atoms with E-state index in [0.29, 0.717) is 11.1 Å². The van der Waals surface area contributed by atoms with Crippen LogP contribution in [0.1, 0.15) is 47.2 Å². The van der Waals surface area contributed by atoms with Gasteiger partial charge in [0.25, 0.3) is 5.91 Å². The van der Waals surface area contributed by atoms with Gasteiger partial charge in [0.1, 0.15) is 22.8 Å². The number of aliphatic hydroxyl groups is 3. The van der Waals surface area contributed by atoms with Gasteiger partial charge in [-0.15, -0.1) is 0 Å². The maximum atomic E-state index is 13.9. The van der Waals surface area contributed by atoms with Gasteiger partial charge < -0.3 is 26.2 Å². The van der Waals surface area contributed by atoms with E-state index in [-0.39, 0.29) is 42.1 Å². The molecule has 1 aliphatic heterocycles. The van der Waals surface area contributed by atoms with Crippen LogP contribution < -0.4 is 5.73 Å². The number of ketones is 3. The van der Waals surface area contributed by atoms with Crippen LogP contribution in [0, 0.1) is 11.8 Å². The summed E-state index contributed by atoms with van der Waals surface area (Å²) in [5.74, 6) is -7.31. The topological polar surface area (TPSA) is 182 Å². The summed E-state index contributed by atoms with van der Waals surface area (Å²) in [4.78, 5) is 56.0. The molecule has 3 aliphatic carbocycles. The Morgan fingerprint density at radius 2 is 1.77 bits per heavy atom. The van der Waals surface area contributed by atoms with E-state index in [4.69, 9.17) is 5.73 Å². The molecule has 2 fully saturated rings. The number of amides is 1. The highest BCUT2D eigenvalue weighted by Gasteiger charge is 2.64. The van der Waals surface area contributed by atoms with Gasteiger partial charge in [-0.3, -0.25) is 29.0 Å². The number of Topliss-reactive ketones (excluding diaryl/α,β-unsaturated/α-hetero) is 3. The first-order chi connectivity index (χ1) is 18.4. The van der Waals surface area contributed by atoms with Crippen LogP contribution in [0.2, 0.25) is 0 Å². The van der Waals surface area contributed by atoms with E-state index in [1.54, 1.807) is 14.1 Å². The standard InChI is InChI=1S/C28H33N3O8/c1-30(2)22-16-11-13-10-15-14(18(33)12-31-8-4-3-5-9-31)6-7-17(32)20(15)23(34)19(13)25(36)28(16,39)26(37)21(24(22)35)27(29)38/h6-7,13,16,22,32,34,37,39H,3-5,8-12H2,1-2H3,(H2,29,38).